The normalized spacial score (nSPS) is 31.5. The molecule has 7 nitrogen and oxygen atoms in total. The second kappa shape index (κ2) is 9.30. The SMILES string of the molecule is C[C@H]1[C@H](NCCCNC(=O)O)C[C@H]2C(C)(C)CCC[C@]2(C)[C@H]1C(=O)c1cc(O)cc(O)c1. The molecule has 32 heavy (non-hydrogen) atoms. The van der Waals surface area contributed by atoms with E-state index >= 15 is 0 Å². The molecule has 2 aliphatic rings. The molecule has 0 spiro atoms. The van der Waals surface area contributed by atoms with Crippen molar-refractivity contribution in [2.75, 3.05) is 13.1 Å². The van der Waals surface area contributed by atoms with Crippen molar-refractivity contribution in [3.8, 4) is 11.5 Å². The van der Waals surface area contributed by atoms with Crippen LogP contribution in [-0.4, -0.2) is 46.3 Å². The summed E-state index contributed by atoms with van der Waals surface area (Å²) in [5.41, 5.74) is 0.300. The molecule has 5 N–H and O–H groups in total. The Bertz CT molecular complexity index is 834. The van der Waals surface area contributed by atoms with Crippen molar-refractivity contribution in [2.24, 2.45) is 28.6 Å². The van der Waals surface area contributed by atoms with Crippen LogP contribution >= 0.6 is 0 Å². The molecule has 2 aliphatic carbocycles. The van der Waals surface area contributed by atoms with Gasteiger partial charge in [0, 0.05) is 30.1 Å². The third-order valence-electron chi connectivity index (χ3n) is 8.14. The first-order chi connectivity index (χ1) is 15.0. The Kier molecular flexibility index (Phi) is 7.08. The maximum atomic E-state index is 13.9. The summed E-state index contributed by atoms with van der Waals surface area (Å²) >= 11 is 0. The second-order valence-corrected chi connectivity index (χ2v) is 10.7. The Morgan fingerprint density at radius 1 is 1.06 bits per heavy atom. The molecule has 0 unspecified atom stereocenters. The highest BCUT2D eigenvalue weighted by Crippen LogP contribution is 2.61. The molecular formula is C25H38N2O5. The van der Waals surface area contributed by atoms with Gasteiger partial charge in [0.15, 0.2) is 5.78 Å². The van der Waals surface area contributed by atoms with Crippen LogP contribution in [0.1, 0.15) is 70.2 Å². The van der Waals surface area contributed by atoms with Crippen molar-refractivity contribution < 1.29 is 24.9 Å². The zero-order valence-electron chi connectivity index (χ0n) is 19.6. The van der Waals surface area contributed by atoms with E-state index in [1.165, 1.54) is 18.2 Å². The first-order valence-electron chi connectivity index (χ1n) is 11.7. The molecule has 1 aromatic rings. The first kappa shape index (κ1) is 24.4. The van der Waals surface area contributed by atoms with Gasteiger partial charge in [-0.2, -0.15) is 0 Å². The lowest BCUT2D eigenvalue weighted by Gasteiger charge is -2.60. The van der Waals surface area contributed by atoms with E-state index in [2.05, 4.69) is 38.3 Å². The highest BCUT2D eigenvalue weighted by Gasteiger charge is 2.58. The van der Waals surface area contributed by atoms with Crippen molar-refractivity contribution in [3.63, 3.8) is 0 Å². The molecule has 2 fully saturated rings. The molecule has 0 radical (unpaired) electrons. The molecule has 7 heteroatoms. The number of ketones is 1. The second-order valence-electron chi connectivity index (χ2n) is 10.7. The summed E-state index contributed by atoms with van der Waals surface area (Å²) in [5, 5.41) is 34.7. The van der Waals surface area contributed by atoms with Crippen LogP contribution in [0.15, 0.2) is 18.2 Å². The number of carbonyl (C=O) groups excluding carboxylic acids is 1. The quantitative estimate of drug-likeness (QED) is 0.313. The molecule has 3 rings (SSSR count). The zero-order chi connectivity index (χ0) is 23.7. The fraction of sp³-hybridized carbons (Fsp3) is 0.680. The van der Waals surface area contributed by atoms with Crippen molar-refractivity contribution in [1.82, 2.24) is 10.6 Å². The minimum absolute atomic E-state index is 0.0204. The summed E-state index contributed by atoms with van der Waals surface area (Å²) in [5.74, 6) is -0.0557. The summed E-state index contributed by atoms with van der Waals surface area (Å²) in [6.45, 7) is 10.1. The fourth-order valence-electron chi connectivity index (χ4n) is 6.72. The van der Waals surface area contributed by atoms with Gasteiger partial charge in [-0.3, -0.25) is 4.79 Å². The van der Waals surface area contributed by atoms with E-state index < -0.39 is 6.09 Å². The number of fused-ring (bicyclic) bond motifs is 1. The summed E-state index contributed by atoms with van der Waals surface area (Å²) in [7, 11) is 0. The predicted octanol–water partition coefficient (Wildman–Crippen LogP) is 4.39. The van der Waals surface area contributed by atoms with Crippen LogP contribution < -0.4 is 10.6 Å². The molecule has 1 aromatic carbocycles. The minimum atomic E-state index is -1.02. The predicted molar refractivity (Wildman–Crippen MR) is 123 cm³/mol. The number of hydrogen-bond acceptors (Lipinski definition) is 5. The number of carbonyl (C=O) groups is 2. The van der Waals surface area contributed by atoms with Crippen LogP contribution in [0.5, 0.6) is 11.5 Å². The van der Waals surface area contributed by atoms with Crippen molar-refractivity contribution in [3.05, 3.63) is 23.8 Å². The molecule has 5 atom stereocenters. The Morgan fingerprint density at radius 2 is 1.72 bits per heavy atom. The molecular weight excluding hydrogens is 408 g/mol. The molecule has 0 bridgehead atoms. The van der Waals surface area contributed by atoms with Gasteiger partial charge in [-0.05, 0) is 67.0 Å². The van der Waals surface area contributed by atoms with Gasteiger partial charge >= 0.3 is 6.09 Å². The van der Waals surface area contributed by atoms with Gasteiger partial charge in [0.2, 0.25) is 0 Å². The van der Waals surface area contributed by atoms with E-state index in [4.69, 9.17) is 5.11 Å². The summed E-state index contributed by atoms with van der Waals surface area (Å²) < 4.78 is 0. The number of carboxylic acid groups (broad SMARTS) is 1. The third-order valence-corrected chi connectivity index (χ3v) is 8.14. The topological polar surface area (TPSA) is 119 Å². The zero-order valence-corrected chi connectivity index (χ0v) is 19.6. The van der Waals surface area contributed by atoms with E-state index in [9.17, 15) is 19.8 Å². The molecule has 0 aromatic heterocycles. The van der Waals surface area contributed by atoms with Crippen molar-refractivity contribution in [2.45, 2.75) is 65.8 Å². The van der Waals surface area contributed by atoms with Gasteiger partial charge in [0.25, 0.3) is 0 Å². The average molecular weight is 447 g/mol. The largest absolute Gasteiger partial charge is 0.508 e. The molecule has 0 saturated heterocycles. The van der Waals surface area contributed by atoms with E-state index in [0.29, 0.717) is 31.0 Å². The van der Waals surface area contributed by atoms with Crippen LogP contribution in [0.4, 0.5) is 4.79 Å². The smallest absolute Gasteiger partial charge is 0.404 e. The molecule has 0 heterocycles. The van der Waals surface area contributed by atoms with Gasteiger partial charge < -0.3 is 26.0 Å². The number of phenols is 2. The fourth-order valence-corrected chi connectivity index (χ4v) is 6.72. The number of Topliss-reactive ketones (excluding diaryl/α,β-unsaturated/α-hetero) is 1. The summed E-state index contributed by atoms with van der Waals surface area (Å²) in [4.78, 5) is 24.5. The van der Waals surface area contributed by atoms with E-state index in [1.54, 1.807) is 0 Å². The number of hydrogen-bond donors (Lipinski definition) is 5. The number of amides is 1. The van der Waals surface area contributed by atoms with Crippen molar-refractivity contribution in [1.29, 1.82) is 0 Å². The Labute approximate surface area is 190 Å². The molecule has 0 aliphatic heterocycles. The lowest BCUT2D eigenvalue weighted by atomic mass is 9.45. The summed E-state index contributed by atoms with van der Waals surface area (Å²) in [6.07, 6.45) is 3.84. The van der Waals surface area contributed by atoms with E-state index in [0.717, 1.165) is 25.7 Å². The average Bonchev–Trinajstić information content (AvgIpc) is 2.67. The van der Waals surface area contributed by atoms with E-state index in [-0.39, 0.29) is 46.0 Å². The number of nitrogens with one attached hydrogen (secondary N) is 2. The van der Waals surface area contributed by atoms with Gasteiger partial charge in [-0.15, -0.1) is 0 Å². The van der Waals surface area contributed by atoms with Gasteiger partial charge in [0.05, 0.1) is 0 Å². The number of benzene rings is 1. The van der Waals surface area contributed by atoms with Gasteiger partial charge in [-0.1, -0.05) is 34.1 Å². The lowest BCUT2D eigenvalue weighted by molar-refractivity contribution is -0.0914. The van der Waals surface area contributed by atoms with Crippen LogP contribution in [-0.2, 0) is 0 Å². The highest BCUT2D eigenvalue weighted by atomic mass is 16.4. The number of aromatic hydroxyl groups is 2. The summed E-state index contributed by atoms with van der Waals surface area (Å²) in [6, 6.07) is 4.28. The molecule has 2 saturated carbocycles. The standard InChI is InChI=1S/C25H38N2O5/c1-15-19(26-9-6-10-27-23(31)32)14-20-24(2,3)7-5-8-25(20,4)21(15)22(30)16-11-17(28)13-18(29)12-16/h11-13,15,19-21,26-29H,5-10,14H2,1-4H3,(H,31,32)/t15-,19+,20-,21+,25-/m0/s1. The van der Waals surface area contributed by atoms with Crippen LogP contribution in [0.3, 0.4) is 0 Å². The van der Waals surface area contributed by atoms with Crippen LogP contribution in [0.2, 0.25) is 0 Å². The van der Waals surface area contributed by atoms with Gasteiger partial charge in [-0.25, -0.2) is 4.79 Å². The molecule has 1 amide bonds. The Hall–Kier alpha value is -2.28. The molecule has 178 valence electrons. The maximum absolute atomic E-state index is 13.9. The maximum Gasteiger partial charge on any atom is 0.404 e. The van der Waals surface area contributed by atoms with Crippen LogP contribution in [0.25, 0.3) is 0 Å². The monoisotopic (exact) mass is 446 g/mol. The Balaban J connectivity index is 1.89. The first-order valence-corrected chi connectivity index (χ1v) is 11.7. The minimum Gasteiger partial charge on any atom is -0.508 e. The Morgan fingerprint density at radius 3 is 2.34 bits per heavy atom. The van der Waals surface area contributed by atoms with E-state index in [1.807, 2.05) is 0 Å². The van der Waals surface area contributed by atoms with Crippen LogP contribution in [0, 0.1) is 28.6 Å². The van der Waals surface area contributed by atoms with Crippen molar-refractivity contribution >= 4 is 11.9 Å². The highest BCUT2D eigenvalue weighted by molar-refractivity contribution is 5.99. The lowest BCUT2D eigenvalue weighted by Crippen LogP contribution is -2.60. The number of phenolic OH excluding ortho intramolecular Hbond substituents is 2. The third kappa shape index (κ3) is 4.87. The van der Waals surface area contributed by atoms with Gasteiger partial charge in [0.1, 0.15) is 11.5 Å². The number of rotatable bonds is 7.